The number of likely N-dealkylation sites (tertiary alicyclic amines) is 1. The minimum atomic E-state index is -0.852. The first-order chi connectivity index (χ1) is 20.2. The van der Waals surface area contributed by atoms with Gasteiger partial charge in [-0.1, -0.05) is 68.8 Å². The van der Waals surface area contributed by atoms with Gasteiger partial charge in [0, 0.05) is 18.1 Å². The monoisotopic (exact) mass is 577 g/mol. The smallest absolute Gasteiger partial charge is 0.330 e. The van der Waals surface area contributed by atoms with Crippen LogP contribution >= 0.6 is 0 Å². The number of amides is 2. The fraction of sp³-hybridized carbons (Fsp3) is 0.455. The Hall–Kier alpha value is -3.98. The third-order valence-corrected chi connectivity index (χ3v) is 7.32. The van der Waals surface area contributed by atoms with Crippen LogP contribution in [0.25, 0.3) is 0 Å². The number of nitrogens with zero attached hydrogens (tertiary/aromatic N) is 1. The van der Waals surface area contributed by atoms with Crippen LogP contribution in [0.5, 0.6) is 5.75 Å². The van der Waals surface area contributed by atoms with Gasteiger partial charge in [0.1, 0.15) is 11.8 Å². The molecule has 9 nitrogen and oxygen atoms in total. The molecule has 9 heteroatoms. The maximum Gasteiger partial charge on any atom is 0.330 e. The van der Waals surface area contributed by atoms with Crippen LogP contribution in [0.15, 0.2) is 66.7 Å². The molecule has 0 aromatic heterocycles. The van der Waals surface area contributed by atoms with Gasteiger partial charge in [0.2, 0.25) is 11.8 Å². The lowest BCUT2D eigenvalue weighted by Crippen LogP contribution is -2.57. The van der Waals surface area contributed by atoms with E-state index in [9.17, 15) is 19.2 Å². The van der Waals surface area contributed by atoms with Crippen LogP contribution in [0.2, 0.25) is 0 Å². The summed E-state index contributed by atoms with van der Waals surface area (Å²) in [7, 11) is 1.55. The molecule has 0 bridgehead atoms. The first-order valence-corrected chi connectivity index (χ1v) is 14.6. The van der Waals surface area contributed by atoms with Crippen molar-refractivity contribution in [3.05, 3.63) is 77.9 Å². The summed E-state index contributed by atoms with van der Waals surface area (Å²) in [5.41, 5.74) is 1.42. The number of hydrogen-bond donors (Lipinski definition) is 2. The fourth-order valence-corrected chi connectivity index (χ4v) is 4.95. The molecule has 0 aliphatic carbocycles. The summed E-state index contributed by atoms with van der Waals surface area (Å²) in [4.78, 5) is 54.2. The van der Waals surface area contributed by atoms with Gasteiger partial charge in [-0.3, -0.25) is 19.3 Å². The van der Waals surface area contributed by atoms with E-state index in [1.54, 1.807) is 44.4 Å². The Labute approximate surface area is 248 Å². The van der Waals surface area contributed by atoms with Crippen molar-refractivity contribution in [2.75, 3.05) is 26.8 Å². The molecule has 3 rings (SSSR count). The van der Waals surface area contributed by atoms with Gasteiger partial charge in [-0.15, -0.1) is 0 Å². The molecule has 3 atom stereocenters. The Kier molecular flexibility index (Phi) is 12.7. The van der Waals surface area contributed by atoms with E-state index in [0.29, 0.717) is 30.7 Å². The van der Waals surface area contributed by atoms with E-state index >= 15 is 0 Å². The number of benzene rings is 2. The van der Waals surface area contributed by atoms with Crippen LogP contribution in [0, 0.1) is 5.92 Å². The van der Waals surface area contributed by atoms with Crippen molar-refractivity contribution >= 4 is 23.6 Å². The maximum atomic E-state index is 13.7. The zero-order chi connectivity index (χ0) is 30.5. The molecule has 2 aromatic carbocycles. The van der Waals surface area contributed by atoms with Crippen molar-refractivity contribution in [1.29, 1.82) is 0 Å². The molecule has 2 amide bonds. The molecular weight excluding hydrogens is 534 g/mol. The van der Waals surface area contributed by atoms with E-state index in [-0.39, 0.29) is 36.7 Å². The van der Waals surface area contributed by atoms with Gasteiger partial charge in [0.15, 0.2) is 5.78 Å². The predicted molar refractivity (Wildman–Crippen MR) is 161 cm³/mol. The number of ketones is 1. The standard InChI is InChI=1S/C33H43N3O6/c1-5-42-31(38)18-17-27(23(2)3)34-32(39)28(20-24-12-7-6-8-13-24)35-33(40)29-16-9-10-19-36(29)22-30(37)25-14-11-15-26(21-25)41-4/h6-8,11-15,17-18,21,23,27-29H,5,9-10,16,19-20,22H2,1-4H3,(H,34,39)(H,35,40)/b18-17+/t27-,28+,29+/m1/s1. The molecule has 0 spiro atoms. The number of nitrogens with one attached hydrogen (secondary N) is 2. The lowest BCUT2D eigenvalue weighted by Gasteiger charge is -2.35. The predicted octanol–water partition coefficient (Wildman–Crippen LogP) is 3.72. The van der Waals surface area contributed by atoms with Crippen molar-refractivity contribution < 1.29 is 28.7 Å². The lowest BCUT2D eigenvalue weighted by molar-refractivity contribution is -0.137. The Morgan fingerprint density at radius 1 is 1.02 bits per heavy atom. The summed E-state index contributed by atoms with van der Waals surface area (Å²) in [5, 5.41) is 5.98. The highest BCUT2D eigenvalue weighted by Crippen LogP contribution is 2.20. The Balaban J connectivity index is 1.76. The van der Waals surface area contributed by atoms with Crippen LogP contribution in [-0.2, 0) is 25.5 Å². The summed E-state index contributed by atoms with van der Waals surface area (Å²) < 4.78 is 10.2. The first-order valence-electron chi connectivity index (χ1n) is 14.6. The number of carbonyl (C=O) groups is 4. The van der Waals surface area contributed by atoms with Gasteiger partial charge < -0.3 is 20.1 Å². The minimum Gasteiger partial charge on any atom is -0.497 e. The molecule has 1 saturated heterocycles. The Bertz CT molecular complexity index is 1230. The number of piperidine rings is 1. The highest BCUT2D eigenvalue weighted by atomic mass is 16.5. The quantitative estimate of drug-likeness (QED) is 0.200. The first kappa shape index (κ1) is 32.5. The van der Waals surface area contributed by atoms with E-state index < -0.39 is 24.1 Å². The van der Waals surface area contributed by atoms with Crippen LogP contribution in [0.4, 0.5) is 0 Å². The molecule has 42 heavy (non-hydrogen) atoms. The van der Waals surface area contributed by atoms with Crippen molar-refractivity contribution in [3.63, 3.8) is 0 Å². The van der Waals surface area contributed by atoms with Crippen LogP contribution in [-0.4, -0.2) is 73.4 Å². The molecule has 1 heterocycles. The van der Waals surface area contributed by atoms with Gasteiger partial charge in [0.25, 0.3) is 0 Å². The third kappa shape index (κ3) is 9.83. The highest BCUT2D eigenvalue weighted by Gasteiger charge is 2.33. The van der Waals surface area contributed by atoms with Crippen LogP contribution in [0.1, 0.15) is 56.0 Å². The number of Topliss-reactive ketones (excluding diaryl/α,β-unsaturated/α-hetero) is 1. The van der Waals surface area contributed by atoms with Crippen LogP contribution < -0.4 is 15.4 Å². The summed E-state index contributed by atoms with van der Waals surface area (Å²) in [5.74, 6) is -0.626. The number of esters is 1. The average Bonchev–Trinajstić information content (AvgIpc) is 2.99. The second-order valence-corrected chi connectivity index (χ2v) is 10.8. The van der Waals surface area contributed by atoms with Crippen LogP contribution in [0.3, 0.4) is 0 Å². The van der Waals surface area contributed by atoms with E-state index in [1.807, 2.05) is 49.1 Å². The van der Waals surface area contributed by atoms with Crippen molar-refractivity contribution in [2.24, 2.45) is 5.92 Å². The van der Waals surface area contributed by atoms with E-state index in [1.165, 1.54) is 6.08 Å². The fourth-order valence-electron chi connectivity index (χ4n) is 4.95. The summed E-state index contributed by atoms with van der Waals surface area (Å²) in [6.07, 6.45) is 5.55. The van der Waals surface area contributed by atoms with E-state index in [4.69, 9.17) is 9.47 Å². The SMILES string of the molecule is CCOC(=O)/C=C/[C@@H](NC(=O)[C@H](Cc1ccccc1)NC(=O)[C@@H]1CCCCN1CC(=O)c1cccc(OC)c1)C(C)C. The number of rotatable bonds is 14. The molecule has 2 aromatic rings. The number of hydrogen-bond acceptors (Lipinski definition) is 7. The Morgan fingerprint density at radius 2 is 1.79 bits per heavy atom. The van der Waals surface area contributed by atoms with Gasteiger partial charge in [-0.2, -0.15) is 0 Å². The zero-order valence-corrected chi connectivity index (χ0v) is 25.0. The summed E-state index contributed by atoms with van der Waals surface area (Å²) >= 11 is 0. The Morgan fingerprint density at radius 3 is 2.48 bits per heavy atom. The highest BCUT2D eigenvalue weighted by molar-refractivity contribution is 5.98. The average molecular weight is 578 g/mol. The second-order valence-electron chi connectivity index (χ2n) is 10.8. The topological polar surface area (TPSA) is 114 Å². The molecular formula is C33H43N3O6. The molecule has 0 radical (unpaired) electrons. The number of ether oxygens (including phenoxy) is 2. The summed E-state index contributed by atoms with van der Waals surface area (Å²) in [6.45, 7) is 6.56. The maximum absolute atomic E-state index is 13.7. The third-order valence-electron chi connectivity index (χ3n) is 7.32. The van der Waals surface area contributed by atoms with Gasteiger partial charge in [-0.05, 0) is 49.9 Å². The van der Waals surface area contributed by atoms with Gasteiger partial charge in [-0.25, -0.2) is 4.79 Å². The van der Waals surface area contributed by atoms with Crippen molar-refractivity contribution in [2.45, 2.75) is 64.6 Å². The van der Waals surface area contributed by atoms with Crippen molar-refractivity contribution in [1.82, 2.24) is 15.5 Å². The molecule has 226 valence electrons. The van der Waals surface area contributed by atoms with Gasteiger partial charge >= 0.3 is 5.97 Å². The molecule has 2 N–H and O–H groups in total. The number of methoxy groups -OCH3 is 1. The minimum absolute atomic E-state index is 0.0100. The van der Waals surface area contributed by atoms with E-state index in [2.05, 4.69) is 10.6 Å². The molecule has 0 unspecified atom stereocenters. The van der Waals surface area contributed by atoms with Crippen molar-refractivity contribution in [3.8, 4) is 5.75 Å². The summed E-state index contributed by atoms with van der Waals surface area (Å²) in [6, 6.07) is 14.6. The van der Waals surface area contributed by atoms with Gasteiger partial charge in [0.05, 0.1) is 32.3 Å². The molecule has 0 saturated carbocycles. The molecule has 1 aliphatic rings. The largest absolute Gasteiger partial charge is 0.497 e. The number of carbonyl (C=O) groups excluding carboxylic acids is 4. The van der Waals surface area contributed by atoms with E-state index in [0.717, 1.165) is 18.4 Å². The second kappa shape index (κ2) is 16.5. The molecule has 1 aliphatic heterocycles. The lowest BCUT2D eigenvalue weighted by atomic mass is 9.98. The zero-order valence-electron chi connectivity index (χ0n) is 25.0. The normalized spacial score (nSPS) is 16.9. The molecule has 1 fully saturated rings.